The minimum Gasteiger partial charge on any atom is -0.487 e. The summed E-state index contributed by atoms with van der Waals surface area (Å²) < 4.78 is 11.8. The first kappa shape index (κ1) is 19.2. The molecule has 0 aliphatic carbocycles. The molecular weight excluding hydrogens is 366 g/mol. The van der Waals surface area contributed by atoms with Gasteiger partial charge in [0, 0.05) is 17.5 Å². The Morgan fingerprint density at radius 1 is 1.14 bits per heavy atom. The average Bonchev–Trinajstić information content (AvgIpc) is 3.01. The summed E-state index contributed by atoms with van der Waals surface area (Å²) in [7, 11) is 0. The van der Waals surface area contributed by atoms with Gasteiger partial charge in [0.15, 0.2) is 11.5 Å². The normalized spacial score (nSPS) is 15.1. The third-order valence-corrected chi connectivity index (χ3v) is 5.28. The minimum absolute atomic E-state index is 0.0144. The van der Waals surface area contributed by atoms with E-state index in [9.17, 15) is 9.59 Å². The van der Waals surface area contributed by atoms with Crippen LogP contribution in [0.4, 0.5) is 0 Å². The zero-order valence-corrected chi connectivity index (χ0v) is 17.0. The van der Waals surface area contributed by atoms with Crippen molar-refractivity contribution in [2.75, 3.05) is 6.54 Å². The van der Waals surface area contributed by atoms with Crippen LogP contribution in [0.2, 0.25) is 0 Å². The predicted molar refractivity (Wildman–Crippen MR) is 112 cm³/mol. The Bertz CT molecular complexity index is 1080. The van der Waals surface area contributed by atoms with Gasteiger partial charge in [-0.2, -0.15) is 0 Å². The Morgan fingerprint density at radius 3 is 2.66 bits per heavy atom. The summed E-state index contributed by atoms with van der Waals surface area (Å²) >= 11 is 0. The lowest BCUT2D eigenvalue weighted by atomic mass is 9.90. The summed E-state index contributed by atoms with van der Waals surface area (Å²) in [6.07, 6.45) is 2.03. The molecule has 29 heavy (non-hydrogen) atoms. The molecule has 0 bridgehead atoms. The number of carbonyl (C=O) groups is 2. The van der Waals surface area contributed by atoms with Crippen molar-refractivity contribution < 1.29 is 18.7 Å². The van der Waals surface area contributed by atoms with Gasteiger partial charge in [0.05, 0.1) is 12.0 Å². The van der Waals surface area contributed by atoms with Crippen molar-refractivity contribution in [1.29, 1.82) is 0 Å². The number of hydrogen-bond donors (Lipinski definition) is 1. The van der Waals surface area contributed by atoms with Gasteiger partial charge in [-0.1, -0.05) is 30.3 Å². The van der Waals surface area contributed by atoms with E-state index in [0.29, 0.717) is 40.8 Å². The largest absolute Gasteiger partial charge is 0.487 e. The molecular formula is C24H25NO4. The molecule has 4 rings (SSSR count). The van der Waals surface area contributed by atoms with Gasteiger partial charge in [0.2, 0.25) is 0 Å². The third kappa shape index (κ3) is 3.77. The molecule has 3 aromatic rings. The molecule has 2 aromatic carbocycles. The molecule has 0 unspecified atom stereocenters. The van der Waals surface area contributed by atoms with Crippen LogP contribution in [0.5, 0.6) is 5.75 Å². The average molecular weight is 391 g/mol. The van der Waals surface area contributed by atoms with E-state index in [-0.39, 0.29) is 17.5 Å². The van der Waals surface area contributed by atoms with Crippen molar-refractivity contribution in [2.24, 2.45) is 0 Å². The number of fused-ring (bicyclic) bond motifs is 3. The van der Waals surface area contributed by atoms with Gasteiger partial charge in [0.25, 0.3) is 5.91 Å². The van der Waals surface area contributed by atoms with Gasteiger partial charge in [-0.15, -0.1) is 0 Å². The molecule has 0 saturated carbocycles. The van der Waals surface area contributed by atoms with Crippen LogP contribution < -0.4 is 10.1 Å². The summed E-state index contributed by atoms with van der Waals surface area (Å²) in [5.41, 5.74) is 2.44. The van der Waals surface area contributed by atoms with Crippen molar-refractivity contribution in [3.63, 3.8) is 0 Å². The van der Waals surface area contributed by atoms with Crippen molar-refractivity contribution >= 4 is 22.7 Å². The Kier molecular flexibility index (Phi) is 4.91. The fraction of sp³-hybridized carbons (Fsp3) is 0.333. The lowest BCUT2D eigenvalue weighted by Crippen LogP contribution is -2.36. The van der Waals surface area contributed by atoms with Crippen LogP contribution >= 0.6 is 0 Å². The summed E-state index contributed by atoms with van der Waals surface area (Å²) in [6.45, 7) is 6.17. The molecule has 1 aliphatic rings. The Morgan fingerprint density at radius 2 is 1.90 bits per heavy atom. The highest BCUT2D eigenvalue weighted by molar-refractivity contribution is 6.13. The molecule has 1 amide bonds. The fourth-order valence-corrected chi connectivity index (χ4v) is 3.93. The van der Waals surface area contributed by atoms with E-state index in [2.05, 4.69) is 17.4 Å². The Balaban J connectivity index is 1.53. The van der Waals surface area contributed by atoms with E-state index in [1.165, 1.54) is 5.56 Å². The van der Waals surface area contributed by atoms with Gasteiger partial charge in [-0.3, -0.25) is 9.59 Å². The topological polar surface area (TPSA) is 68.5 Å². The SMILES string of the molecule is Cc1c(C(=O)NCCCc2ccccc2)oc2ccc3c(c12)C(=O)CC(C)(C)O3. The second-order valence-electron chi connectivity index (χ2n) is 8.17. The maximum Gasteiger partial charge on any atom is 0.287 e. The predicted octanol–water partition coefficient (Wildman–Crippen LogP) is 4.85. The van der Waals surface area contributed by atoms with Crippen LogP contribution in [0.25, 0.3) is 11.0 Å². The fourth-order valence-electron chi connectivity index (χ4n) is 3.93. The molecule has 0 atom stereocenters. The Labute approximate surface area is 170 Å². The van der Waals surface area contributed by atoms with E-state index < -0.39 is 5.60 Å². The maximum absolute atomic E-state index is 12.8. The molecule has 0 spiro atoms. The zero-order valence-electron chi connectivity index (χ0n) is 17.0. The van der Waals surface area contributed by atoms with Crippen molar-refractivity contribution in [3.05, 3.63) is 64.9 Å². The van der Waals surface area contributed by atoms with Crippen LogP contribution in [0, 0.1) is 6.92 Å². The zero-order chi connectivity index (χ0) is 20.6. The number of rotatable bonds is 5. The number of ether oxygens (including phenoxy) is 1. The van der Waals surface area contributed by atoms with Crippen molar-refractivity contribution in [3.8, 4) is 5.75 Å². The number of carbonyl (C=O) groups excluding carboxylic acids is 2. The number of benzene rings is 2. The second-order valence-corrected chi connectivity index (χ2v) is 8.17. The minimum atomic E-state index is -0.533. The molecule has 150 valence electrons. The first-order chi connectivity index (χ1) is 13.9. The van der Waals surface area contributed by atoms with E-state index in [0.717, 1.165) is 12.8 Å². The van der Waals surface area contributed by atoms with Crippen LogP contribution in [0.1, 0.15) is 58.7 Å². The first-order valence-electron chi connectivity index (χ1n) is 9.96. The molecule has 5 heteroatoms. The standard InChI is InChI=1S/C24H25NO4/c1-15-20-18(11-12-19-21(20)17(26)14-24(2,3)29-19)28-22(15)23(27)25-13-7-10-16-8-5-4-6-9-16/h4-6,8-9,11-12H,7,10,13-14H2,1-3H3,(H,25,27). The van der Waals surface area contributed by atoms with E-state index >= 15 is 0 Å². The lowest BCUT2D eigenvalue weighted by molar-refractivity contribution is 0.0623. The molecule has 0 saturated heterocycles. The number of hydrogen-bond acceptors (Lipinski definition) is 4. The molecule has 2 heterocycles. The Hall–Kier alpha value is -3.08. The lowest BCUT2D eigenvalue weighted by Gasteiger charge is -2.31. The third-order valence-electron chi connectivity index (χ3n) is 5.28. The van der Waals surface area contributed by atoms with Gasteiger partial charge in [-0.05, 0) is 51.3 Å². The van der Waals surface area contributed by atoms with Crippen LogP contribution in [0.15, 0.2) is 46.9 Å². The number of nitrogens with one attached hydrogen (secondary N) is 1. The van der Waals surface area contributed by atoms with E-state index in [1.807, 2.05) is 39.0 Å². The monoisotopic (exact) mass is 391 g/mol. The molecule has 1 N–H and O–H groups in total. The van der Waals surface area contributed by atoms with Crippen molar-refractivity contribution in [1.82, 2.24) is 5.32 Å². The highest BCUT2D eigenvalue weighted by Crippen LogP contribution is 2.40. The summed E-state index contributed by atoms with van der Waals surface area (Å²) in [5, 5.41) is 3.60. The number of furan rings is 1. The number of aryl methyl sites for hydroxylation is 2. The second kappa shape index (κ2) is 7.39. The first-order valence-corrected chi connectivity index (χ1v) is 9.96. The molecule has 5 nitrogen and oxygen atoms in total. The molecule has 1 aliphatic heterocycles. The van der Waals surface area contributed by atoms with E-state index in [1.54, 1.807) is 12.1 Å². The highest BCUT2D eigenvalue weighted by atomic mass is 16.5. The smallest absolute Gasteiger partial charge is 0.287 e. The molecule has 0 radical (unpaired) electrons. The summed E-state index contributed by atoms with van der Waals surface area (Å²) in [6, 6.07) is 13.7. The van der Waals surface area contributed by atoms with Crippen LogP contribution in [0.3, 0.4) is 0 Å². The summed E-state index contributed by atoms with van der Waals surface area (Å²) in [4.78, 5) is 25.4. The number of Topliss-reactive ketones (excluding diaryl/α,β-unsaturated/α-hetero) is 1. The number of amides is 1. The van der Waals surface area contributed by atoms with Gasteiger partial charge in [0.1, 0.15) is 16.9 Å². The highest BCUT2D eigenvalue weighted by Gasteiger charge is 2.35. The molecule has 1 aromatic heterocycles. The van der Waals surface area contributed by atoms with Gasteiger partial charge < -0.3 is 14.5 Å². The quantitative estimate of drug-likeness (QED) is 0.632. The van der Waals surface area contributed by atoms with Gasteiger partial charge in [-0.25, -0.2) is 0 Å². The van der Waals surface area contributed by atoms with Gasteiger partial charge >= 0.3 is 0 Å². The van der Waals surface area contributed by atoms with Crippen molar-refractivity contribution in [2.45, 2.75) is 45.6 Å². The van der Waals surface area contributed by atoms with Crippen LogP contribution in [-0.4, -0.2) is 23.8 Å². The summed E-state index contributed by atoms with van der Waals surface area (Å²) in [5.74, 6) is 0.564. The molecule has 0 fully saturated rings. The van der Waals surface area contributed by atoms with Crippen LogP contribution in [-0.2, 0) is 6.42 Å². The number of ketones is 1. The maximum atomic E-state index is 12.8. The van der Waals surface area contributed by atoms with E-state index in [4.69, 9.17) is 9.15 Å².